The minimum absolute atomic E-state index is 0.548. The zero-order valence-corrected chi connectivity index (χ0v) is 12.2. The van der Waals surface area contributed by atoms with E-state index in [2.05, 4.69) is 24.1 Å². The van der Waals surface area contributed by atoms with Gasteiger partial charge in [-0.1, -0.05) is 31.7 Å². The fraction of sp³-hybridized carbons (Fsp3) is 0.667. The van der Waals surface area contributed by atoms with Crippen molar-refractivity contribution in [1.29, 1.82) is 0 Å². The standard InChI is InChI=1S/C15H23ClN2/c1-12-13(11-16)9-10-15(17-12)18(2)14-7-5-3-4-6-8-14/h9-10,14H,3-8,11H2,1-2H3. The predicted molar refractivity (Wildman–Crippen MR) is 78.4 cm³/mol. The molecule has 0 N–H and O–H groups in total. The van der Waals surface area contributed by atoms with Crippen LogP contribution in [0.3, 0.4) is 0 Å². The number of anilines is 1. The van der Waals surface area contributed by atoms with Crippen molar-refractivity contribution in [2.45, 2.75) is 57.4 Å². The van der Waals surface area contributed by atoms with E-state index >= 15 is 0 Å². The number of nitrogens with zero attached hydrogens (tertiary/aromatic N) is 2. The molecule has 1 aliphatic carbocycles. The molecule has 1 aliphatic rings. The van der Waals surface area contributed by atoms with Crippen molar-refractivity contribution >= 4 is 17.4 Å². The molecule has 100 valence electrons. The molecule has 0 aromatic carbocycles. The molecule has 0 amide bonds. The molecule has 0 spiro atoms. The Morgan fingerprint density at radius 3 is 2.44 bits per heavy atom. The summed E-state index contributed by atoms with van der Waals surface area (Å²) < 4.78 is 0. The highest BCUT2D eigenvalue weighted by molar-refractivity contribution is 6.17. The van der Waals surface area contributed by atoms with Crippen LogP contribution in [-0.4, -0.2) is 18.1 Å². The van der Waals surface area contributed by atoms with Crippen LogP contribution in [0, 0.1) is 6.92 Å². The first-order chi connectivity index (χ1) is 8.72. The molecule has 1 aromatic rings. The minimum Gasteiger partial charge on any atom is -0.357 e. The van der Waals surface area contributed by atoms with E-state index in [0.717, 1.165) is 17.1 Å². The van der Waals surface area contributed by atoms with Crippen LogP contribution in [0.4, 0.5) is 5.82 Å². The molecule has 1 saturated carbocycles. The number of aryl methyl sites for hydroxylation is 1. The first-order valence-electron chi connectivity index (χ1n) is 6.97. The molecule has 0 saturated heterocycles. The fourth-order valence-corrected chi connectivity index (χ4v) is 3.03. The molecule has 3 heteroatoms. The molecule has 0 aliphatic heterocycles. The third-order valence-corrected chi connectivity index (χ3v) is 4.35. The van der Waals surface area contributed by atoms with E-state index in [9.17, 15) is 0 Å². The molecular formula is C15H23ClN2. The zero-order valence-electron chi connectivity index (χ0n) is 11.5. The summed E-state index contributed by atoms with van der Waals surface area (Å²) in [7, 11) is 2.18. The van der Waals surface area contributed by atoms with Crippen LogP contribution in [0.25, 0.3) is 0 Å². The summed E-state index contributed by atoms with van der Waals surface area (Å²) in [6, 6.07) is 4.87. The van der Waals surface area contributed by atoms with Gasteiger partial charge >= 0.3 is 0 Å². The van der Waals surface area contributed by atoms with Gasteiger partial charge < -0.3 is 4.90 Å². The highest BCUT2D eigenvalue weighted by Crippen LogP contribution is 2.25. The molecule has 0 radical (unpaired) electrons. The van der Waals surface area contributed by atoms with Gasteiger partial charge in [0.1, 0.15) is 5.82 Å². The van der Waals surface area contributed by atoms with Crippen LogP contribution in [0.15, 0.2) is 12.1 Å². The second kappa shape index (κ2) is 6.42. The number of hydrogen-bond donors (Lipinski definition) is 0. The lowest BCUT2D eigenvalue weighted by molar-refractivity contribution is 0.549. The molecular weight excluding hydrogens is 244 g/mol. The van der Waals surface area contributed by atoms with Crippen molar-refractivity contribution in [2.24, 2.45) is 0 Å². The summed E-state index contributed by atoms with van der Waals surface area (Å²) >= 11 is 5.88. The molecule has 1 fully saturated rings. The SMILES string of the molecule is Cc1nc(N(C)C2CCCCCC2)ccc1CCl. The summed E-state index contributed by atoms with van der Waals surface area (Å²) in [5, 5.41) is 0. The summed E-state index contributed by atoms with van der Waals surface area (Å²) in [6.07, 6.45) is 8.09. The Kier molecular flexibility index (Phi) is 4.87. The number of hydrogen-bond acceptors (Lipinski definition) is 2. The average Bonchev–Trinajstić information content (AvgIpc) is 2.66. The lowest BCUT2D eigenvalue weighted by atomic mass is 10.1. The third-order valence-electron chi connectivity index (χ3n) is 4.06. The Bertz CT molecular complexity index is 384. The molecule has 1 heterocycles. The highest BCUT2D eigenvalue weighted by Gasteiger charge is 2.18. The maximum Gasteiger partial charge on any atom is 0.128 e. The molecule has 0 unspecified atom stereocenters. The van der Waals surface area contributed by atoms with Crippen molar-refractivity contribution in [3.8, 4) is 0 Å². The van der Waals surface area contributed by atoms with Crippen molar-refractivity contribution in [3.05, 3.63) is 23.4 Å². The number of alkyl halides is 1. The molecule has 2 rings (SSSR count). The fourth-order valence-electron chi connectivity index (χ4n) is 2.75. The number of halogens is 1. The van der Waals surface area contributed by atoms with Crippen molar-refractivity contribution in [1.82, 2.24) is 4.98 Å². The van der Waals surface area contributed by atoms with E-state index in [1.54, 1.807) is 0 Å². The molecule has 0 atom stereocenters. The van der Waals surface area contributed by atoms with Crippen LogP contribution >= 0.6 is 11.6 Å². The second-order valence-corrected chi connectivity index (χ2v) is 5.57. The van der Waals surface area contributed by atoms with E-state index < -0.39 is 0 Å². The van der Waals surface area contributed by atoms with Gasteiger partial charge in [0.25, 0.3) is 0 Å². The van der Waals surface area contributed by atoms with Crippen LogP contribution in [0.2, 0.25) is 0 Å². The largest absolute Gasteiger partial charge is 0.357 e. The quantitative estimate of drug-likeness (QED) is 0.599. The first-order valence-corrected chi connectivity index (χ1v) is 7.51. The van der Waals surface area contributed by atoms with Gasteiger partial charge in [-0.15, -0.1) is 11.6 Å². The Hall–Kier alpha value is -0.760. The van der Waals surface area contributed by atoms with E-state index in [4.69, 9.17) is 16.6 Å². The number of pyridine rings is 1. The van der Waals surface area contributed by atoms with E-state index in [1.807, 2.05) is 6.92 Å². The summed E-state index contributed by atoms with van der Waals surface area (Å²) in [5.41, 5.74) is 2.19. The molecule has 18 heavy (non-hydrogen) atoms. The van der Waals surface area contributed by atoms with Gasteiger partial charge in [0.15, 0.2) is 0 Å². The van der Waals surface area contributed by atoms with Crippen molar-refractivity contribution < 1.29 is 0 Å². The third kappa shape index (κ3) is 3.17. The summed E-state index contributed by atoms with van der Waals surface area (Å²) in [5.74, 6) is 1.64. The number of rotatable bonds is 3. The van der Waals surface area contributed by atoms with Gasteiger partial charge in [-0.2, -0.15) is 0 Å². The van der Waals surface area contributed by atoms with E-state index in [-0.39, 0.29) is 0 Å². The monoisotopic (exact) mass is 266 g/mol. The summed E-state index contributed by atoms with van der Waals surface area (Å²) in [4.78, 5) is 7.05. The maximum absolute atomic E-state index is 5.88. The van der Waals surface area contributed by atoms with Gasteiger partial charge in [0.05, 0.1) is 0 Å². The van der Waals surface area contributed by atoms with Gasteiger partial charge in [-0.25, -0.2) is 4.98 Å². The second-order valence-electron chi connectivity index (χ2n) is 5.30. The average molecular weight is 267 g/mol. The zero-order chi connectivity index (χ0) is 13.0. The Balaban J connectivity index is 2.11. The molecule has 1 aromatic heterocycles. The van der Waals surface area contributed by atoms with Gasteiger partial charge in [0.2, 0.25) is 0 Å². The normalized spacial score (nSPS) is 17.5. The first kappa shape index (κ1) is 13.7. The van der Waals surface area contributed by atoms with Gasteiger partial charge in [-0.3, -0.25) is 0 Å². The highest BCUT2D eigenvalue weighted by atomic mass is 35.5. The Morgan fingerprint density at radius 2 is 1.89 bits per heavy atom. The van der Waals surface area contributed by atoms with E-state index in [0.29, 0.717) is 11.9 Å². The maximum atomic E-state index is 5.88. The van der Waals surface area contributed by atoms with Gasteiger partial charge in [-0.05, 0) is 31.4 Å². The smallest absolute Gasteiger partial charge is 0.128 e. The Morgan fingerprint density at radius 1 is 1.22 bits per heavy atom. The van der Waals surface area contributed by atoms with Gasteiger partial charge in [0, 0.05) is 24.7 Å². The van der Waals surface area contributed by atoms with Crippen LogP contribution < -0.4 is 4.90 Å². The van der Waals surface area contributed by atoms with Crippen LogP contribution in [0.1, 0.15) is 49.8 Å². The van der Waals surface area contributed by atoms with Crippen molar-refractivity contribution in [2.75, 3.05) is 11.9 Å². The summed E-state index contributed by atoms with van der Waals surface area (Å²) in [6.45, 7) is 2.04. The van der Waals surface area contributed by atoms with Crippen molar-refractivity contribution in [3.63, 3.8) is 0 Å². The lowest BCUT2D eigenvalue weighted by Crippen LogP contribution is -2.31. The predicted octanol–water partition coefficient (Wildman–Crippen LogP) is 4.29. The van der Waals surface area contributed by atoms with E-state index in [1.165, 1.54) is 38.5 Å². The Labute approximate surface area is 115 Å². The lowest BCUT2D eigenvalue weighted by Gasteiger charge is -2.28. The topological polar surface area (TPSA) is 16.1 Å². The number of aromatic nitrogens is 1. The van der Waals surface area contributed by atoms with Crippen LogP contribution in [0.5, 0.6) is 0 Å². The molecule has 2 nitrogen and oxygen atoms in total. The minimum atomic E-state index is 0.548. The molecule has 0 bridgehead atoms. The van der Waals surface area contributed by atoms with Crippen LogP contribution in [-0.2, 0) is 5.88 Å².